The molecule has 54 heavy (non-hydrogen) atoms. The molecule has 2 aromatic heterocycles. The molecule has 0 aliphatic carbocycles. The van der Waals surface area contributed by atoms with E-state index in [1.807, 2.05) is 57.2 Å². The molecule has 4 aromatic carbocycles. The molecular formula is C36H37ClN6O7S4. The summed E-state index contributed by atoms with van der Waals surface area (Å²) in [7, 11) is -2.68. The van der Waals surface area contributed by atoms with Crippen molar-refractivity contribution in [1.29, 1.82) is 0 Å². The zero-order chi connectivity index (χ0) is 39.8. The quantitative estimate of drug-likeness (QED) is 0.157. The van der Waals surface area contributed by atoms with Gasteiger partial charge in [-0.2, -0.15) is 0 Å². The van der Waals surface area contributed by atoms with Gasteiger partial charge in [-0.3, -0.25) is 4.79 Å². The van der Waals surface area contributed by atoms with Gasteiger partial charge in [-0.05, 0) is 99.1 Å². The summed E-state index contributed by atoms with van der Waals surface area (Å²) in [5.74, 6) is -0.111. The average Bonchev–Trinajstić information content (AvgIpc) is 3.52. The van der Waals surface area contributed by atoms with Gasteiger partial charge in [0.15, 0.2) is 5.13 Å². The second kappa shape index (κ2) is 17.6. The number of sulfonamides is 2. The number of aromatic nitrogens is 3. The molecule has 0 saturated heterocycles. The number of amides is 1. The van der Waals surface area contributed by atoms with Gasteiger partial charge in [0.05, 0.1) is 30.6 Å². The second-order valence-electron chi connectivity index (χ2n) is 11.7. The fourth-order valence-corrected chi connectivity index (χ4v) is 8.50. The first-order valence-corrected chi connectivity index (χ1v) is 21.9. The van der Waals surface area contributed by atoms with E-state index in [0.29, 0.717) is 15.7 Å². The van der Waals surface area contributed by atoms with Crippen molar-refractivity contribution < 1.29 is 30.0 Å². The Morgan fingerprint density at radius 1 is 0.741 bits per heavy atom. The minimum absolute atomic E-state index is 0.0716. The zero-order valence-electron chi connectivity index (χ0n) is 30.0. The second-order valence-corrected chi connectivity index (χ2v) is 19.1. The Morgan fingerprint density at radius 3 is 1.83 bits per heavy atom. The monoisotopic (exact) mass is 828 g/mol. The van der Waals surface area contributed by atoms with Crippen molar-refractivity contribution in [3.63, 3.8) is 0 Å². The average molecular weight is 829 g/mol. The first kappa shape index (κ1) is 42.0. The topological polar surface area (TPSA) is 185 Å². The van der Waals surface area contributed by atoms with Crippen molar-refractivity contribution in [3.05, 3.63) is 120 Å². The van der Waals surface area contributed by atoms with Crippen molar-refractivity contribution in [2.24, 2.45) is 0 Å². The van der Waals surface area contributed by atoms with Gasteiger partial charge in [0.2, 0.25) is 21.9 Å². The van der Waals surface area contributed by atoms with E-state index in [4.69, 9.17) is 10.7 Å². The van der Waals surface area contributed by atoms with Crippen molar-refractivity contribution in [2.45, 2.75) is 42.4 Å². The number of nitrogens with zero attached hydrogens (tertiary/aromatic N) is 4. The van der Waals surface area contributed by atoms with E-state index in [1.165, 1.54) is 50.7 Å². The standard InChI is InChI=1S/C21H19N5O3S2.C8H11NO2S.C7H7ClO2S/c1-13-5-4-6-16(11-13)31(28,29)26(3)20-22-10-9-17(24-20)15-7-8-18-19(12-15)30-21(25-18)23-14(2)27;1-7-4-3-5-8(6-7)12(10,11)9-2;1-6-3-2-4-7(5-6)11(8,9)10/h4-12H,1-3H3,(H,23,25,27);3-6,9H,1-2H3;2-5H,1H3. The highest BCUT2D eigenvalue weighted by molar-refractivity contribution is 8.13. The van der Waals surface area contributed by atoms with Crippen LogP contribution in [0.4, 0.5) is 11.1 Å². The number of aryl methyl sites for hydroxylation is 3. The fourth-order valence-electron chi connectivity index (χ4n) is 4.66. The molecule has 0 bridgehead atoms. The van der Waals surface area contributed by atoms with Gasteiger partial charge >= 0.3 is 0 Å². The van der Waals surface area contributed by atoms with Crippen LogP contribution < -0.4 is 14.3 Å². The normalized spacial score (nSPS) is 11.5. The highest BCUT2D eigenvalue weighted by Gasteiger charge is 2.24. The zero-order valence-corrected chi connectivity index (χ0v) is 34.0. The Bertz CT molecular complexity index is 2640. The number of rotatable bonds is 8. The molecule has 284 valence electrons. The van der Waals surface area contributed by atoms with Gasteiger partial charge in [0.1, 0.15) is 0 Å². The molecule has 0 radical (unpaired) electrons. The summed E-state index contributed by atoms with van der Waals surface area (Å²) in [5, 5.41) is 3.20. The molecule has 0 unspecified atom stereocenters. The molecule has 6 rings (SSSR count). The number of hydrogen-bond acceptors (Lipinski definition) is 11. The molecule has 18 heteroatoms. The van der Waals surface area contributed by atoms with Crippen LogP contribution in [0.5, 0.6) is 0 Å². The fraction of sp³-hybridized carbons (Fsp3) is 0.167. The molecule has 6 aromatic rings. The Kier molecular flexibility index (Phi) is 13.7. The summed E-state index contributed by atoms with van der Waals surface area (Å²) < 4.78 is 74.2. The van der Waals surface area contributed by atoms with Gasteiger partial charge in [0, 0.05) is 36.4 Å². The molecule has 1 amide bonds. The van der Waals surface area contributed by atoms with Crippen LogP contribution in [0.1, 0.15) is 23.6 Å². The highest BCUT2D eigenvalue weighted by atomic mass is 35.7. The lowest BCUT2D eigenvalue weighted by molar-refractivity contribution is -0.114. The Labute approximate surface area is 323 Å². The van der Waals surface area contributed by atoms with Crippen molar-refractivity contribution in [3.8, 4) is 11.3 Å². The summed E-state index contributed by atoms with van der Waals surface area (Å²) in [5.41, 5.74) is 4.79. The predicted octanol–water partition coefficient (Wildman–Crippen LogP) is 6.67. The number of carbonyl (C=O) groups is 1. The largest absolute Gasteiger partial charge is 0.302 e. The lowest BCUT2D eigenvalue weighted by atomic mass is 10.1. The predicted molar refractivity (Wildman–Crippen MR) is 213 cm³/mol. The third kappa shape index (κ3) is 11.1. The summed E-state index contributed by atoms with van der Waals surface area (Å²) in [6.45, 7) is 6.94. The highest BCUT2D eigenvalue weighted by Crippen LogP contribution is 2.31. The molecule has 0 fully saturated rings. The minimum atomic E-state index is -3.80. The molecule has 2 N–H and O–H groups in total. The third-order valence-electron chi connectivity index (χ3n) is 7.38. The maximum atomic E-state index is 13.0. The van der Waals surface area contributed by atoms with Crippen LogP contribution in [0.2, 0.25) is 0 Å². The lowest BCUT2D eigenvalue weighted by Gasteiger charge is -2.18. The number of benzene rings is 4. The van der Waals surface area contributed by atoms with E-state index >= 15 is 0 Å². The van der Waals surface area contributed by atoms with Crippen LogP contribution in [0, 0.1) is 20.8 Å². The molecule has 0 spiro atoms. The van der Waals surface area contributed by atoms with E-state index in [2.05, 4.69) is 25.0 Å². The van der Waals surface area contributed by atoms with Crippen LogP contribution >= 0.6 is 22.0 Å². The molecule has 0 saturated carbocycles. The van der Waals surface area contributed by atoms with Gasteiger partial charge in [0.25, 0.3) is 19.1 Å². The van der Waals surface area contributed by atoms with Crippen LogP contribution in [0.3, 0.4) is 0 Å². The van der Waals surface area contributed by atoms with Gasteiger partial charge < -0.3 is 5.32 Å². The molecule has 0 aliphatic heterocycles. The van der Waals surface area contributed by atoms with E-state index in [9.17, 15) is 30.0 Å². The van der Waals surface area contributed by atoms with Crippen LogP contribution in [-0.2, 0) is 33.9 Å². The minimum Gasteiger partial charge on any atom is -0.302 e. The number of nitrogens with one attached hydrogen (secondary N) is 2. The van der Waals surface area contributed by atoms with Gasteiger partial charge in [-0.15, -0.1) is 0 Å². The van der Waals surface area contributed by atoms with Crippen molar-refractivity contribution in [1.82, 2.24) is 19.7 Å². The molecule has 13 nitrogen and oxygen atoms in total. The summed E-state index contributed by atoms with van der Waals surface area (Å²) in [6, 6.07) is 27.2. The SMILES string of the molecule is CC(=O)Nc1nc2ccc(-c3ccnc(N(C)S(=O)(=O)c4cccc(C)c4)n3)cc2s1.CNS(=O)(=O)c1cccc(C)c1.Cc1cccc(S(=O)(=O)Cl)c1. The van der Waals surface area contributed by atoms with E-state index in [1.54, 1.807) is 48.5 Å². The first-order chi connectivity index (χ1) is 25.3. The van der Waals surface area contributed by atoms with Gasteiger partial charge in [-0.25, -0.2) is 49.2 Å². The van der Waals surface area contributed by atoms with Crippen molar-refractivity contribution in [2.75, 3.05) is 23.7 Å². The lowest BCUT2D eigenvalue weighted by Crippen LogP contribution is -2.28. The molecular weight excluding hydrogens is 792 g/mol. The third-order valence-corrected chi connectivity index (χ3v) is 12.8. The van der Waals surface area contributed by atoms with E-state index in [-0.39, 0.29) is 21.6 Å². The number of fused-ring (bicyclic) bond motifs is 1. The number of hydrogen-bond donors (Lipinski definition) is 2. The number of thiazole rings is 1. The van der Waals surface area contributed by atoms with E-state index in [0.717, 1.165) is 36.8 Å². The Hall–Kier alpha value is -4.78. The summed E-state index contributed by atoms with van der Waals surface area (Å²) in [6.07, 6.45) is 1.53. The van der Waals surface area contributed by atoms with Crippen LogP contribution in [-0.4, -0.2) is 60.2 Å². The summed E-state index contributed by atoms with van der Waals surface area (Å²) in [4.78, 5) is 24.9. The van der Waals surface area contributed by atoms with Crippen molar-refractivity contribution >= 4 is 78.3 Å². The smallest absolute Gasteiger partial charge is 0.266 e. The molecule has 0 aliphatic rings. The maximum Gasteiger partial charge on any atom is 0.266 e. The number of anilines is 2. The maximum absolute atomic E-state index is 13.0. The van der Waals surface area contributed by atoms with Crippen LogP contribution in [0.25, 0.3) is 21.5 Å². The Balaban J connectivity index is 0.000000230. The molecule has 2 heterocycles. The number of halogens is 1. The Morgan fingerprint density at radius 2 is 1.30 bits per heavy atom. The van der Waals surface area contributed by atoms with E-state index < -0.39 is 29.1 Å². The van der Waals surface area contributed by atoms with Gasteiger partial charge in [-0.1, -0.05) is 53.8 Å². The number of carbonyl (C=O) groups excluding carboxylic acids is 1. The molecule has 0 atom stereocenters. The first-order valence-electron chi connectivity index (χ1n) is 15.9. The summed E-state index contributed by atoms with van der Waals surface area (Å²) >= 11 is 1.36. The van der Waals surface area contributed by atoms with Crippen LogP contribution in [0.15, 0.2) is 118 Å².